The van der Waals surface area contributed by atoms with E-state index in [0.29, 0.717) is 13.0 Å². The molecule has 0 atom stereocenters. The number of nitrogens with one attached hydrogen (secondary N) is 2. The number of benzene rings is 1. The first-order valence-corrected chi connectivity index (χ1v) is 9.83. The van der Waals surface area contributed by atoms with Gasteiger partial charge in [-0.05, 0) is 43.4 Å². The molecule has 1 fully saturated rings. The zero-order valence-electron chi connectivity index (χ0n) is 13.9. The van der Waals surface area contributed by atoms with E-state index >= 15 is 0 Å². The number of aryl methyl sites for hydroxylation is 1. The SMILES string of the molecule is CCCc1ccc(S(=O)(=O)NC(=O)CCCNC(=O)C2CC2)cc1. The van der Waals surface area contributed by atoms with E-state index in [4.69, 9.17) is 0 Å². The molecule has 1 aliphatic carbocycles. The average Bonchev–Trinajstić information content (AvgIpc) is 3.37. The lowest BCUT2D eigenvalue weighted by atomic mass is 10.1. The van der Waals surface area contributed by atoms with Gasteiger partial charge in [-0.1, -0.05) is 25.5 Å². The number of hydrogen-bond donors (Lipinski definition) is 2. The molecule has 1 aromatic carbocycles. The molecule has 2 rings (SSSR count). The van der Waals surface area contributed by atoms with E-state index in [-0.39, 0.29) is 23.1 Å². The molecule has 7 heteroatoms. The Kier molecular flexibility index (Phi) is 6.36. The molecule has 24 heavy (non-hydrogen) atoms. The van der Waals surface area contributed by atoms with Gasteiger partial charge in [0.15, 0.2) is 0 Å². The molecule has 1 aliphatic rings. The Morgan fingerprint density at radius 3 is 2.42 bits per heavy atom. The van der Waals surface area contributed by atoms with Crippen molar-refractivity contribution < 1.29 is 18.0 Å². The highest BCUT2D eigenvalue weighted by Crippen LogP contribution is 2.28. The Hall–Kier alpha value is -1.89. The van der Waals surface area contributed by atoms with Crippen molar-refractivity contribution in [2.24, 2.45) is 5.92 Å². The van der Waals surface area contributed by atoms with Crippen molar-refractivity contribution in [1.82, 2.24) is 10.0 Å². The summed E-state index contributed by atoms with van der Waals surface area (Å²) < 4.78 is 26.4. The molecule has 0 unspecified atom stereocenters. The number of hydrogen-bond acceptors (Lipinski definition) is 4. The van der Waals surface area contributed by atoms with Gasteiger partial charge in [0.1, 0.15) is 0 Å². The summed E-state index contributed by atoms with van der Waals surface area (Å²) in [5.74, 6) is -0.404. The standard InChI is InChI=1S/C17H24N2O4S/c1-2-4-13-6-10-15(11-7-13)24(22,23)19-16(20)5-3-12-18-17(21)14-8-9-14/h6-7,10-11,14H,2-5,8-9,12H2,1H3,(H,18,21)(H,19,20). The molecule has 0 heterocycles. The van der Waals surface area contributed by atoms with Crippen LogP contribution in [0.3, 0.4) is 0 Å². The zero-order valence-corrected chi connectivity index (χ0v) is 14.7. The van der Waals surface area contributed by atoms with Gasteiger partial charge in [-0.25, -0.2) is 13.1 Å². The molecule has 132 valence electrons. The molecule has 1 aromatic rings. The van der Waals surface area contributed by atoms with Crippen molar-refractivity contribution in [1.29, 1.82) is 0 Å². The third-order valence-corrected chi connectivity index (χ3v) is 5.24. The molecule has 0 aliphatic heterocycles. The molecule has 6 nitrogen and oxygen atoms in total. The van der Waals surface area contributed by atoms with E-state index < -0.39 is 15.9 Å². The molecule has 1 saturated carbocycles. The maximum Gasteiger partial charge on any atom is 0.264 e. The highest BCUT2D eigenvalue weighted by Gasteiger charge is 2.29. The van der Waals surface area contributed by atoms with E-state index in [0.717, 1.165) is 31.2 Å². The van der Waals surface area contributed by atoms with Crippen LogP contribution in [0, 0.1) is 5.92 Å². The predicted molar refractivity (Wildman–Crippen MR) is 90.7 cm³/mol. The second-order valence-corrected chi connectivity index (χ2v) is 7.77. The molecule has 0 radical (unpaired) electrons. The lowest BCUT2D eigenvalue weighted by Gasteiger charge is -2.08. The first kappa shape index (κ1) is 18.4. The summed E-state index contributed by atoms with van der Waals surface area (Å²) >= 11 is 0. The van der Waals surface area contributed by atoms with Gasteiger partial charge in [0.25, 0.3) is 10.0 Å². The molecule has 2 amide bonds. The summed E-state index contributed by atoms with van der Waals surface area (Å²) in [6, 6.07) is 6.54. The smallest absolute Gasteiger partial charge is 0.264 e. The summed E-state index contributed by atoms with van der Waals surface area (Å²) in [7, 11) is -3.84. The van der Waals surface area contributed by atoms with Gasteiger partial charge in [-0.2, -0.15) is 0 Å². The summed E-state index contributed by atoms with van der Waals surface area (Å²) in [4.78, 5) is 23.3. The Labute approximate surface area is 143 Å². The lowest BCUT2D eigenvalue weighted by Crippen LogP contribution is -2.32. The molecule has 0 aromatic heterocycles. The maximum atomic E-state index is 12.1. The van der Waals surface area contributed by atoms with E-state index in [1.165, 1.54) is 12.1 Å². The minimum Gasteiger partial charge on any atom is -0.356 e. The second kappa shape index (κ2) is 8.28. The first-order chi connectivity index (χ1) is 11.4. The monoisotopic (exact) mass is 352 g/mol. The molecule has 0 bridgehead atoms. The minimum absolute atomic E-state index is 0.0233. The van der Waals surface area contributed by atoms with Crippen LogP contribution in [0.4, 0.5) is 0 Å². The van der Waals surface area contributed by atoms with Crippen molar-refractivity contribution >= 4 is 21.8 Å². The largest absolute Gasteiger partial charge is 0.356 e. The molecular formula is C17H24N2O4S. The number of carbonyl (C=O) groups excluding carboxylic acids is 2. The van der Waals surface area contributed by atoms with Crippen LogP contribution >= 0.6 is 0 Å². The summed E-state index contributed by atoms with van der Waals surface area (Å²) in [6.45, 7) is 2.44. The molecule has 2 N–H and O–H groups in total. The van der Waals surface area contributed by atoms with Crippen LogP contribution in [0.25, 0.3) is 0 Å². The fourth-order valence-corrected chi connectivity index (χ4v) is 3.35. The normalized spacial score (nSPS) is 14.2. The number of carbonyl (C=O) groups is 2. The molecular weight excluding hydrogens is 328 g/mol. The molecule has 0 spiro atoms. The van der Waals surface area contributed by atoms with Crippen LogP contribution < -0.4 is 10.0 Å². The van der Waals surface area contributed by atoms with Crippen molar-refractivity contribution in [3.8, 4) is 0 Å². The van der Waals surface area contributed by atoms with Crippen LogP contribution in [0.2, 0.25) is 0 Å². The van der Waals surface area contributed by atoms with Gasteiger partial charge in [-0.3, -0.25) is 9.59 Å². The van der Waals surface area contributed by atoms with Crippen molar-refractivity contribution in [3.63, 3.8) is 0 Å². The Morgan fingerprint density at radius 2 is 1.83 bits per heavy atom. The minimum atomic E-state index is -3.84. The second-order valence-electron chi connectivity index (χ2n) is 6.09. The number of amides is 2. The number of rotatable bonds is 9. The van der Waals surface area contributed by atoms with Crippen LogP contribution in [-0.2, 0) is 26.0 Å². The van der Waals surface area contributed by atoms with Crippen molar-refractivity contribution in [2.75, 3.05) is 6.54 Å². The van der Waals surface area contributed by atoms with Crippen LogP contribution in [-0.4, -0.2) is 26.8 Å². The fourth-order valence-electron chi connectivity index (χ4n) is 2.33. The van der Waals surface area contributed by atoms with E-state index in [1.807, 2.05) is 0 Å². The Morgan fingerprint density at radius 1 is 1.17 bits per heavy atom. The molecule has 0 saturated heterocycles. The van der Waals surface area contributed by atoms with E-state index in [9.17, 15) is 18.0 Å². The first-order valence-electron chi connectivity index (χ1n) is 8.34. The third-order valence-electron chi connectivity index (χ3n) is 3.85. The fraction of sp³-hybridized carbons (Fsp3) is 0.529. The Balaban J connectivity index is 1.77. The maximum absolute atomic E-state index is 12.1. The van der Waals surface area contributed by atoms with Gasteiger partial charge >= 0.3 is 0 Å². The van der Waals surface area contributed by atoms with Crippen molar-refractivity contribution in [2.45, 2.75) is 50.3 Å². The lowest BCUT2D eigenvalue weighted by molar-refractivity contribution is -0.123. The summed E-state index contributed by atoms with van der Waals surface area (Å²) in [5.41, 5.74) is 1.06. The zero-order chi connectivity index (χ0) is 17.6. The van der Waals surface area contributed by atoms with Gasteiger partial charge in [0.05, 0.1) is 4.90 Å². The van der Waals surface area contributed by atoms with Crippen LogP contribution in [0.15, 0.2) is 29.2 Å². The quantitative estimate of drug-likeness (QED) is 0.662. The van der Waals surface area contributed by atoms with Gasteiger partial charge in [-0.15, -0.1) is 0 Å². The topological polar surface area (TPSA) is 92.3 Å². The highest BCUT2D eigenvalue weighted by atomic mass is 32.2. The Bertz CT molecular complexity index is 679. The van der Waals surface area contributed by atoms with E-state index in [2.05, 4.69) is 17.0 Å². The van der Waals surface area contributed by atoms with Gasteiger partial charge in [0.2, 0.25) is 11.8 Å². The predicted octanol–water partition coefficient (Wildman–Crippen LogP) is 1.75. The summed E-state index contributed by atoms with van der Waals surface area (Å²) in [6.07, 6.45) is 4.20. The van der Waals surface area contributed by atoms with Crippen LogP contribution in [0.1, 0.15) is 44.6 Å². The van der Waals surface area contributed by atoms with Gasteiger partial charge < -0.3 is 5.32 Å². The average molecular weight is 352 g/mol. The highest BCUT2D eigenvalue weighted by molar-refractivity contribution is 7.90. The van der Waals surface area contributed by atoms with Crippen molar-refractivity contribution in [3.05, 3.63) is 29.8 Å². The third kappa shape index (κ3) is 5.63. The van der Waals surface area contributed by atoms with Gasteiger partial charge in [0, 0.05) is 18.9 Å². The summed E-state index contributed by atoms with van der Waals surface area (Å²) in [5, 5.41) is 2.74. The number of sulfonamides is 1. The van der Waals surface area contributed by atoms with Crippen LogP contribution in [0.5, 0.6) is 0 Å². The van der Waals surface area contributed by atoms with E-state index in [1.54, 1.807) is 12.1 Å².